The quantitative estimate of drug-likeness (QED) is 0.808. The SMILES string of the molecule is CCOCC(C)Nc1ccc(Cl)c(C(=O)OC)c1. The summed E-state index contributed by atoms with van der Waals surface area (Å²) in [4.78, 5) is 11.5. The van der Waals surface area contributed by atoms with Gasteiger partial charge < -0.3 is 14.8 Å². The van der Waals surface area contributed by atoms with Gasteiger partial charge in [0.15, 0.2) is 0 Å². The summed E-state index contributed by atoms with van der Waals surface area (Å²) >= 11 is 5.94. The number of halogens is 1. The van der Waals surface area contributed by atoms with Crippen LogP contribution in [0.1, 0.15) is 24.2 Å². The fourth-order valence-electron chi connectivity index (χ4n) is 1.50. The number of benzene rings is 1. The lowest BCUT2D eigenvalue weighted by atomic mass is 10.2. The van der Waals surface area contributed by atoms with Crippen molar-refractivity contribution in [1.29, 1.82) is 0 Å². The van der Waals surface area contributed by atoms with Crippen LogP contribution in [-0.4, -0.2) is 32.3 Å². The smallest absolute Gasteiger partial charge is 0.339 e. The molecule has 100 valence electrons. The first-order valence-electron chi connectivity index (χ1n) is 5.80. The first kappa shape index (κ1) is 14.8. The van der Waals surface area contributed by atoms with Crippen molar-refractivity contribution in [2.24, 2.45) is 0 Å². The zero-order valence-corrected chi connectivity index (χ0v) is 11.6. The van der Waals surface area contributed by atoms with E-state index in [-0.39, 0.29) is 6.04 Å². The number of hydrogen-bond donors (Lipinski definition) is 1. The molecule has 1 aromatic carbocycles. The lowest BCUT2D eigenvalue weighted by molar-refractivity contribution is 0.0601. The highest BCUT2D eigenvalue weighted by Crippen LogP contribution is 2.21. The molecule has 1 N–H and O–H groups in total. The van der Waals surface area contributed by atoms with Crippen LogP contribution in [0.4, 0.5) is 5.69 Å². The number of ether oxygens (including phenoxy) is 2. The largest absolute Gasteiger partial charge is 0.465 e. The summed E-state index contributed by atoms with van der Waals surface area (Å²) < 4.78 is 9.98. The van der Waals surface area contributed by atoms with E-state index in [4.69, 9.17) is 16.3 Å². The highest BCUT2D eigenvalue weighted by Gasteiger charge is 2.12. The van der Waals surface area contributed by atoms with Gasteiger partial charge in [0.2, 0.25) is 0 Å². The van der Waals surface area contributed by atoms with Gasteiger partial charge in [0.25, 0.3) is 0 Å². The third kappa shape index (κ3) is 4.20. The van der Waals surface area contributed by atoms with Crippen molar-refractivity contribution in [2.45, 2.75) is 19.9 Å². The average molecular weight is 272 g/mol. The summed E-state index contributed by atoms with van der Waals surface area (Å²) in [6.45, 7) is 5.24. The molecule has 1 atom stereocenters. The number of nitrogens with one attached hydrogen (secondary N) is 1. The standard InChI is InChI=1S/C13H18ClNO3/c1-4-18-8-9(2)15-10-5-6-12(14)11(7-10)13(16)17-3/h5-7,9,15H,4,8H2,1-3H3. The minimum atomic E-state index is -0.443. The molecule has 0 radical (unpaired) electrons. The third-order valence-electron chi connectivity index (χ3n) is 2.36. The van der Waals surface area contributed by atoms with Crippen LogP contribution in [0.5, 0.6) is 0 Å². The molecular weight excluding hydrogens is 254 g/mol. The molecule has 18 heavy (non-hydrogen) atoms. The van der Waals surface area contributed by atoms with Gasteiger partial charge in [-0.05, 0) is 32.0 Å². The van der Waals surface area contributed by atoms with Gasteiger partial charge in [-0.15, -0.1) is 0 Å². The topological polar surface area (TPSA) is 47.6 Å². The number of carbonyl (C=O) groups is 1. The zero-order valence-electron chi connectivity index (χ0n) is 10.8. The van der Waals surface area contributed by atoms with Crippen LogP contribution in [0, 0.1) is 0 Å². The second-order valence-corrected chi connectivity index (χ2v) is 4.30. The summed E-state index contributed by atoms with van der Waals surface area (Å²) in [5.74, 6) is -0.443. The summed E-state index contributed by atoms with van der Waals surface area (Å²) in [6.07, 6.45) is 0. The van der Waals surface area contributed by atoms with Crippen LogP contribution >= 0.6 is 11.6 Å². The Morgan fingerprint density at radius 3 is 2.83 bits per heavy atom. The third-order valence-corrected chi connectivity index (χ3v) is 2.69. The molecule has 0 aliphatic rings. The highest BCUT2D eigenvalue weighted by molar-refractivity contribution is 6.33. The van der Waals surface area contributed by atoms with Crippen molar-refractivity contribution in [3.05, 3.63) is 28.8 Å². The van der Waals surface area contributed by atoms with Crippen molar-refractivity contribution in [3.63, 3.8) is 0 Å². The monoisotopic (exact) mass is 271 g/mol. The predicted octanol–water partition coefficient (Wildman–Crippen LogP) is 2.96. The molecule has 0 saturated carbocycles. The maximum atomic E-state index is 11.5. The number of methoxy groups -OCH3 is 1. The zero-order chi connectivity index (χ0) is 13.5. The maximum absolute atomic E-state index is 11.5. The van der Waals surface area contributed by atoms with E-state index in [0.717, 1.165) is 5.69 Å². The molecule has 0 saturated heterocycles. The second-order valence-electron chi connectivity index (χ2n) is 3.89. The fraction of sp³-hybridized carbons (Fsp3) is 0.462. The minimum absolute atomic E-state index is 0.150. The van der Waals surface area contributed by atoms with Crippen molar-refractivity contribution in [2.75, 3.05) is 25.6 Å². The molecule has 0 aromatic heterocycles. The van der Waals surface area contributed by atoms with Crippen molar-refractivity contribution in [3.8, 4) is 0 Å². The molecule has 1 rings (SSSR count). The molecule has 0 amide bonds. The molecular formula is C13H18ClNO3. The van der Waals surface area contributed by atoms with E-state index in [1.807, 2.05) is 19.9 Å². The molecule has 0 heterocycles. The lowest BCUT2D eigenvalue weighted by Crippen LogP contribution is -2.21. The van der Waals surface area contributed by atoms with Crippen molar-refractivity contribution < 1.29 is 14.3 Å². The van der Waals surface area contributed by atoms with Gasteiger partial charge >= 0.3 is 5.97 Å². The summed E-state index contributed by atoms with van der Waals surface area (Å²) in [6, 6.07) is 5.31. The van der Waals surface area contributed by atoms with E-state index in [1.165, 1.54) is 7.11 Å². The van der Waals surface area contributed by atoms with Crippen molar-refractivity contribution in [1.82, 2.24) is 0 Å². The first-order valence-corrected chi connectivity index (χ1v) is 6.18. The van der Waals surface area contributed by atoms with Gasteiger partial charge in [0.05, 0.1) is 24.3 Å². The Kier molecular flexibility index (Phi) is 5.95. The van der Waals surface area contributed by atoms with Gasteiger partial charge in [0, 0.05) is 18.3 Å². The molecule has 1 aromatic rings. The summed E-state index contributed by atoms with van der Waals surface area (Å²) in [5.41, 5.74) is 1.17. The Morgan fingerprint density at radius 2 is 2.22 bits per heavy atom. The van der Waals surface area contributed by atoms with Gasteiger partial charge in [-0.25, -0.2) is 4.79 Å². The van der Waals surface area contributed by atoms with E-state index in [0.29, 0.717) is 23.8 Å². The first-order chi connectivity index (χ1) is 8.58. The molecule has 0 fully saturated rings. The Balaban J connectivity index is 2.75. The Hall–Kier alpha value is -1.26. The van der Waals surface area contributed by atoms with Crippen LogP contribution in [0.3, 0.4) is 0 Å². The number of hydrogen-bond acceptors (Lipinski definition) is 4. The van der Waals surface area contributed by atoms with Crippen LogP contribution in [0.15, 0.2) is 18.2 Å². The van der Waals surface area contributed by atoms with E-state index in [2.05, 4.69) is 10.1 Å². The highest BCUT2D eigenvalue weighted by atomic mass is 35.5. The number of rotatable bonds is 6. The molecule has 1 unspecified atom stereocenters. The number of esters is 1. The predicted molar refractivity (Wildman–Crippen MR) is 72.4 cm³/mol. The Bertz CT molecular complexity index is 409. The van der Waals surface area contributed by atoms with Crippen molar-refractivity contribution >= 4 is 23.3 Å². The second kappa shape index (κ2) is 7.24. The normalized spacial score (nSPS) is 12.0. The van der Waals surface area contributed by atoms with E-state index in [9.17, 15) is 4.79 Å². The molecule has 0 spiro atoms. The van der Waals surface area contributed by atoms with E-state index < -0.39 is 5.97 Å². The molecule has 4 nitrogen and oxygen atoms in total. The van der Waals surface area contributed by atoms with E-state index in [1.54, 1.807) is 12.1 Å². The van der Waals surface area contributed by atoms with Gasteiger partial charge in [-0.2, -0.15) is 0 Å². The van der Waals surface area contributed by atoms with Crippen LogP contribution < -0.4 is 5.32 Å². The Morgan fingerprint density at radius 1 is 1.50 bits per heavy atom. The van der Waals surface area contributed by atoms with Crippen LogP contribution in [-0.2, 0) is 9.47 Å². The lowest BCUT2D eigenvalue weighted by Gasteiger charge is -2.15. The minimum Gasteiger partial charge on any atom is -0.465 e. The summed E-state index contributed by atoms with van der Waals surface area (Å²) in [7, 11) is 1.33. The van der Waals surface area contributed by atoms with E-state index >= 15 is 0 Å². The number of anilines is 1. The van der Waals surface area contributed by atoms with Gasteiger partial charge in [-0.1, -0.05) is 11.6 Å². The fourth-order valence-corrected chi connectivity index (χ4v) is 1.70. The number of carbonyl (C=O) groups excluding carboxylic acids is 1. The maximum Gasteiger partial charge on any atom is 0.339 e. The van der Waals surface area contributed by atoms with Crippen LogP contribution in [0.25, 0.3) is 0 Å². The molecule has 0 aliphatic heterocycles. The molecule has 5 heteroatoms. The molecule has 0 aliphatic carbocycles. The molecule has 0 bridgehead atoms. The summed E-state index contributed by atoms with van der Waals surface area (Å²) in [5, 5.41) is 3.61. The Labute approximate surface area is 112 Å². The average Bonchev–Trinajstić information content (AvgIpc) is 2.37. The van der Waals surface area contributed by atoms with Gasteiger partial charge in [0.1, 0.15) is 0 Å². The van der Waals surface area contributed by atoms with Crippen LogP contribution in [0.2, 0.25) is 5.02 Å². The van der Waals surface area contributed by atoms with Gasteiger partial charge in [-0.3, -0.25) is 0 Å².